The maximum Gasteiger partial charge on any atom is 0.409 e. The highest BCUT2D eigenvalue weighted by atomic mass is 32.2. The molecule has 0 fully saturated rings. The summed E-state index contributed by atoms with van der Waals surface area (Å²) in [5, 5.41) is 4.64. The lowest BCUT2D eigenvalue weighted by Crippen LogP contribution is -2.39. The Kier molecular flexibility index (Phi) is 4.73. The Labute approximate surface area is 152 Å². The standard InChI is InChI=1S/C17H15F4N3O2S/c1-23-15-9-14(8-5-12(15)10-22-23)27(25,26)24(2)16(17(19,20)21)11-3-6-13(18)7-4-11/h3-10,16H,1-2H3. The molecule has 3 rings (SSSR count). The second kappa shape index (κ2) is 6.61. The van der Waals surface area contributed by atoms with Crippen LogP contribution < -0.4 is 0 Å². The van der Waals surface area contributed by atoms with Gasteiger partial charge in [-0.3, -0.25) is 4.68 Å². The highest BCUT2D eigenvalue weighted by Crippen LogP contribution is 2.39. The fraction of sp³-hybridized carbons (Fsp3) is 0.235. The summed E-state index contributed by atoms with van der Waals surface area (Å²) in [5.41, 5.74) is 0.0893. The van der Waals surface area contributed by atoms with Crippen molar-refractivity contribution in [3.63, 3.8) is 0 Å². The van der Waals surface area contributed by atoms with E-state index in [1.807, 2.05) is 0 Å². The molecule has 10 heteroatoms. The molecule has 1 atom stereocenters. The van der Waals surface area contributed by atoms with Crippen molar-refractivity contribution < 1.29 is 26.0 Å². The minimum Gasteiger partial charge on any atom is -0.268 e. The van der Waals surface area contributed by atoms with Gasteiger partial charge >= 0.3 is 6.18 Å². The molecule has 0 amide bonds. The van der Waals surface area contributed by atoms with Gasteiger partial charge in [-0.1, -0.05) is 12.1 Å². The van der Waals surface area contributed by atoms with Crippen LogP contribution in [0, 0.1) is 5.82 Å². The van der Waals surface area contributed by atoms with E-state index >= 15 is 0 Å². The molecule has 0 N–H and O–H groups in total. The van der Waals surface area contributed by atoms with Gasteiger partial charge in [-0.2, -0.15) is 22.6 Å². The summed E-state index contributed by atoms with van der Waals surface area (Å²) < 4.78 is 81.4. The molecule has 0 aliphatic carbocycles. The number of aryl methyl sites for hydroxylation is 1. The Balaban J connectivity index is 2.09. The van der Waals surface area contributed by atoms with E-state index in [2.05, 4.69) is 5.10 Å². The second-order valence-electron chi connectivity index (χ2n) is 6.01. The minimum absolute atomic E-state index is 0.248. The van der Waals surface area contributed by atoms with Crippen molar-refractivity contribution in [1.82, 2.24) is 14.1 Å². The topological polar surface area (TPSA) is 55.2 Å². The van der Waals surface area contributed by atoms with Gasteiger partial charge < -0.3 is 0 Å². The maximum atomic E-state index is 13.7. The highest BCUT2D eigenvalue weighted by molar-refractivity contribution is 7.89. The van der Waals surface area contributed by atoms with Crippen LogP contribution in [0.1, 0.15) is 11.6 Å². The van der Waals surface area contributed by atoms with E-state index in [9.17, 15) is 26.0 Å². The molecule has 3 aromatic rings. The lowest BCUT2D eigenvalue weighted by molar-refractivity contribution is -0.171. The molecule has 0 bridgehead atoms. The number of rotatable bonds is 4. The van der Waals surface area contributed by atoms with Crippen LogP contribution in [0.5, 0.6) is 0 Å². The molecule has 5 nitrogen and oxygen atoms in total. The van der Waals surface area contributed by atoms with Crippen molar-refractivity contribution in [2.45, 2.75) is 17.1 Å². The zero-order valence-electron chi connectivity index (χ0n) is 14.3. The van der Waals surface area contributed by atoms with Crippen LogP contribution in [-0.2, 0) is 17.1 Å². The number of nitrogens with zero attached hydrogens (tertiary/aromatic N) is 3. The fourth-order valence-electron chi connectivity index (χ4n) is 2.84. The van der Waals surface area contributed by atoms with Crippen molar-refractivity contribution in [1.29, 1.82) is 0 Å². The van der Waals surface area contributed by atoms with E-state index in [1.54, 1.807) is 7.05 Å². The highest BCUT2D eigenvalue weighted by Gasteiger charge is 2.47. The van der Waals surface area contributed by atoms with Crippen molar-refractivity contribution in [3.05, 3.63) is 60.0 Å². The van der Waals surface area contributed by atoms with Gasteiger partial charge in [-0.15, -0.1) is 0 Å². The smallest absolute Gasteiger partial charge is 0.268 e. The van der Waals surface area contributed by atoms with E-state index in [4.69, 9.17) is 0 Å². The Bertz CT molecular complexity index is 1080. The lowest BCUT2D eigenvalue weighted by atomic mass is 10.1. The first-order valence-electron chi connectivity index (χ1n) is 7.74. The molecule has 0 spiro atoms. The van der Waals surface area contributed by atoms with E-state index < -0.39 is 28.1 Å². The first-order valence-corrected chi connectivity index (χ1v) is 9.18. The molecule has 0 aliphatic rings. The van der Waals surface area contributed by atoms with Crippen LogP contribution in [0.3, 0.4) is 0 Å². The summed E-state index contributed by atoms with van der Waals surface area (Å²) in [5.74, 6) is -0.716. The van der Waals surface area contributed by atoms with E-state index in [0.29, 0.717) is 10.9 Å². The second-order valence-corrected chi connectivity index (χ2v) is 8.00. The summed E-state index contributed by atoms with van der Waals surface area (Å²) in [6, 6.07) is 5.08. The van der Waals surface area contributed by atoms with Gasteiger partial charge in [0.2, 0.25) is 10.0 Å². The SMILES string of the molecule is CN(C(c1ccc(F)cc1)C(F)(F)F)S(=O)(=O)c1ccc2cnn(C)c2c1. The van der Waals surface area contributed by atoms with Crippen molar-refractivity contribution in [2.24, 2.45) is 7.05 Å². The molecule has 0 aliphatic heterocycles. The number of halogens is 4. The van der Waals surface area contributed by atoms with Crippen molar-refractivity contribution in [2.75, 3.05) is 7.05 Å². The third-order valence-electron chi connectivity index (χ3n) is 4.26. The van der Waals surface area contributed by atoms with Gasteiger partial charge in [0.25, 0.3) is 0 Å². The largest absolute Gasteiger partial charge is 0.409 e. The number of aromatic nitrogens is 2. The number of alkyl halides is 3. The van der Waals surface area contributed by atoms with E-state index in [-0.39, 0.29) is 14.8 Å². The molecular weight excluding hydrogens is 386 g/mol. The zero-order valence-corrected chi connectivity index (χ0v) is 15.1. The van der Waals surface area contributed by atoms with Gasteiger partial charge in [-0.25, -0.2) is 12.8 Å². The molecule has 1 heterocycles. The molecule has 0 radical (unpaired) electrons. The number of sulfonamides is 1. The average Bonchev–Trinajstić information content (AvgIpc) is 2.96. The molecule has 144 valence electrons. The Morgan fingerprint density at radius 3 is 2.33 bits per heavy atom. The normalized spacial score (nSPS) is 14.0. The van der Waals surface area contributed by atoms with Gasteiger partial charge in [0.15, 0.2) is 0 Å². The number of hydrogen-bond donors (Lipinski definition) is 0. The molecule has 1 aromatic heterocycles. The van der Waals surface area contributed by atoms with Gasteiger partial charge in [-0.05, 0) is 35.9 Å². The third kappa shape index (κ3) is 3.54. The molecule has 2 aromatic carbocycles. The summed E-state index contributed by atoms with van der Waals surface area (Å²) in [4.78, 5) is -0.294. The third-order valence-corrected chi connectivity index (χ3v) is 6.08. The fourth-order valence-corrected chi connectivity index (χ4v) is 4.19. The van der Waals surface area contributed by atoms with E-state index in [0.717, 1.165) is 31.3 Å². The zero-order chi connectivity index (χ0) is 20.0. The predicted octanol–water partition coefficient (Wildman–Crippen LogP) is 3.64. The summed E-state index contributed by atoms with van der Waals surface area (Å²) in [6.45, 7) is 0. The maximum absolute atomic E-state index is 13.7. The summed E-state index contributed by atoms with van der Waals surface area (Å²) in [6.07, 6.45) is -3.37. The first-order chi connectivity index (χ1) is 12.5. The summed E-state index contributed by atoms with van der Waals surface area (Å²) in [7, 11) is -2.04. The van der Waals surface area contributed by atoms with Gasteiger partial charge in [0, 0.05) is 19.5 Å². The molecule has 0 saturated heterocycles. The Morgan fingerprint density at radius 2 is 1.74 bits per heavy atom. The minimum atomic E-state index is -4.89. The van der Waals surface area contributed by atoms with Crippen LogP contribution >= 0.6 is 0 Å². The van der Waals surface area contributed by atoms with Gasteiger partial charge in [0.05, 0.1) is 16.6 Å². The number of hydrogen-bond acceptors (Lipinski definition) is 3. The van der Waals surface area contributed by atoms with Gasteiger partial charge in [0.1, 0.15) is 11.9 Å². The molecule has 0 saturated carbocycles. The van der Waals surface area contributed by atoms with Crippen LogP contribution in [0.2, 0.25) is 0 Å². The van der Waals surface area contributed by atoms with Crippen LogP contribution in [0.4, 0.5) is 17.6 Å². The quantitative estimate of drug-likeness (QED) is 0.628. The molecule has 27 heavy (non-hydrogen) atoms. The summed E-state index contributed by atoms with van der Waals surface area (Å²) >= 11 is 0. The number of benzene rings is 2. The molecule has 1 unspecified atom stereocenters. The molecular formula is C17H15F4N3O2S. The Hall–Kier alpha value is -2.46. The van der Waals surface area contributed by atoms with Crippen molar-refractivity contribution >= 4 is 20.9 Å². The Morgan fingerprint density at radius 1 is 1.11 bits per heavy atom. The number of fused-ring (bicyclic) bond motifs is 1. The lowest BCUT2D eigenvalue weighted by Gasteiger charge is -2.29. The first kappa shape index (κ1) is 19.3. The predicted molar refractivity (Wildman–Crippen MR) is 90.9 cm³/mol. The van der Waals surface area contributed by atoms with Crippen molar-refractivity contribution in [3.8, 4) is 0 Å². The van der Waals surface area contributed by atoms with Crippen LogP contribution in [0.15, 0.2) is 53.6 Å². The monoisotopic (exact) mass is 401 g/mol. The van der Waals surface area contributed by atoms with Crippen LogP contribution in [0.25, 0.3) is 10.9 Å². The average molecular weight is 401 g/mol. The van der Waals surface area contributed by atoms with E-state index in [1.165, 1.54) is 29.1 Å². The van der Waals surface area contributed by atoms with Crippen LogP contribution in [-0.4, -0.2) is 35.7 Å².